The molecule has 2 unspecified atom stereocenters. The smallest absolute Gasteiger partial charge is 0.241 e. The Bertz CT molecular complexity index is 273. The fourth-order valence-corrected chi connectivity index (χ4v) is 2.72. The molecule has 0 spiro atoms. The van der Waals surface area contributed by atoms with Crippen molar-refractivity contribution < 1.29 is 4.79 Å². The van der Waals surface area contributed by atoms with Crippen LogP contribution in [0.25, 0.3) is 0 Å². The van der Waals surface area contributed by atoms with E-state index in [-0.39, 0.29) is 12.2 Å². The summed E-state index contributed by atoms with van der Waals surface area (Å²) in [7, 11) is 0. The minimum absolute atomic E-state index is 0.0765. The Hall–Kier alpha value is -0.570. The van der Waals surface area contributed by atoms with E-state index in [1.807, 2.05) is 0 Å². The highest BCUT2D eigenvalue weighted by atomic mass is 16.2. The van der Waals surface area contributed by atoms with Crippen LogP contribution >= 0.6 is 0 Å². The number of hydrogen-bond donors (Lipinski definition) is 1. The van der Waals surface area contributed by atoms with Crippen LogP contribution in [0.4, 0.5) is 0 Å². The lowest BCUT2D eigenvalue weighted by Gasteiger charge is -2.26. The van der Waals surface area contributed by atoms with Gasteiger partial charge in [0.1, 0.15) is 0 Å². The quantitative estimate of drug-likeness (QED) is 0.776. The van der Waals surface area contributed by atoms with Gasteiger partial charge in [0.2, 0.25) is 5.91 Å². The van der Waals surface area contributed by atoms with Crippen molar-refractivity contribution >= 4 is 5.91 Å². The molecule has 1 amide bonds. The SMILES string of the molecule is CCCC1NC(C)N(CC2(CC)CC2)C1=O. The van der Waals surface area contributed by atoms with Gasteiger partial charge in [0.25, 0.3) is 0 Å². The van der Waals surface area contributed by atoms with Crippen LogP contribution in [0, 0.1) is 5.41 Å². The summed E-state index contributed by atoms with van der Waals surface area (Å²) in [5.74, 6) is 0.328. The molecular weight excluding hydrogens is 200 g/mol. The van der Waals surface area contributed by atoms with E-state index in [1.165, 1.54) is 19.3 Å². The Morgan fingerprint density at radius 3 is 2.62 bits per heavy atom. The largest absolute Gasteiger partial charge is 0.326 e. The molecule has 0 aromatic rings. The third-order valence-electron chi connectivity index (χ3n) is 4.28. The van der Waals surface area contributed by atoms with E-state index in [2.05, 4.69) is 31.0 Å². The molecular formula is C13H24N2O. The van der Waals surface area contributed by atoms with Gasteiger partial charge in [0.15, 0.2) is 0 Å². The van der Waals surface area contributed by atoms with Crippen molar-refractivity contribution in [3.05, 3.63) is 0 Å². The lowest BCUT2D eigenvalue weighted by molar-refractivity contribution is -0.130. The highest BCUT2D eigenvalue weighted by Gasteiger charge is 2.46. The molecule has 1 aliphatic heterocycles. The van der Waals surface area contributed by atoms with Gasteiger partial charge in [-0.05, 0) is 38.0 Å². The van der Waals surface area contributed by atoms with Crippen molar-refractivity contribution in [3.8, 4) is 0 Å². The first-order valence-corrected chi connectivity index (χ1v) is 6.68. The topological polar surface area (TPSA) is 32.3 Å². The summed E-state index contributed by atoms with van der Waals surface area (Å²) in [6.45, 7) is 7.46. The average Bonchev–Trinajstić information content (AvgIpc) is 2.99. The van der Waals surface area contributed by atoms with Gasteiger partial charge >= 0.3 is 0 Å². The van der Waals surface area contributed by atoms with E-state index in [0.717, 1.165) is 19.4 Å². The van der Waals surface area contributed by atoms with Gasteiger partial charge in [-0.2, -0.15) is 0 Å². The normalized spacial score (nSPS) is 32.2. The van der Waals surface area contributed by atoms with Crippen LogP contribution in [0.1, 0.15) is 52.9 Å². The molecule has 1 heterocycles. The van der Waals surface area contributed by atoms with Gasteiger partial charge in [-0.3, -0.25) is 10.1 Å². The molecule has 0 radical (unpaired) electrons. The predicted octanol–water partition coefficient (Wildman–Crippen LogP) is 2.12. The number of nitrogens with one attached hydrogen (secondary N) is 1. The number of amides is 1. The molecule has 2 fully saturated rings. The summed E-state index contributed by atoms with van der Waals surface area (Å²) in [5.41, 5.74) is 0.465. The zero-order valence-corrected chi connectivity index (χ0v) is 10.8. The van der Waals surface area contributed by atoms with Crippen molar-refractivity contribution in [2.75, 3.05) is 6.54 Å². The molecule has 1 saturated heterocycles. The van der Waals surface area contributed by atoms with Crippen LogP contribution < -0.4 is 5.32 Å². The van der Waals surface area contributed by atoms with Crippen molar-refractivity contribution in [1.29, 1.82) is 0 Å². The van der Waals surface area contributed by atoms with E-state index in [4.69, 9.17) is 0 Å². The summed E-state index contributed by atoms with van der Waals surface area (Å²) in [6, 6.07) is 0.0765. The van der Waals surface area contributed by atoms with E-state index in [0.29, 0.717) is 11.3 Å². The summed E-state index contributed by atoms with van der Waals surface area (Å²) in [6.07, 6.45) is 6.09. The zero-order valence-electron chi connectivity index (χ0n) is 10.8. The molecule has 3 nitrogen and oxygen atoms in total. The zero-order chi connectivity index (χ0) is 11.8. The van der Waals surface area contributed by atoms with Crippen LogP contribution in [-0.2, 0) is 4.79 Å². The second-order valence-electron chi connectivity index (χ2n) is 5.50. The Morgan fingerprint density at radius 2 is 2.12 bits per heavy atom. The molecule has 2 aliphatic rings. The molecule has 0 bridgehead atoms. The van der Waals surface area contributed by atoms with Crippen LogP contribution in [-0.4, -0.2) is 29.6 Å². The molecule has 3 heteroatoms. The second-order valence-corrected chi connectivity index (χ2v) is 5.50. The third-order valence-corrected chi connectivity index (χ3v) is 4.28. The van der Waals surface area contributed by atoms with E-state index >= 15 is 0 Å². The molecule has 1 N–H and O–H groups in total. The number of rotatable bonds is 5. The highest BCUT2D eigenvalue weighted by molar-refractivity contribution is 5.84. The molecule has 92 valence electrons. The first-order chi connectivity index (χ1) is 7.62. The van der Waals surface area contributed by atoms with Crippen molar-refractivity contribution in [2.45, 2.75) is 65.1 Å². The maximum Gasteiger partial charge on any atom is 0.241 e. The van der Waals surface area contributed by atoms with Gasteiger partial charge in [-0.15, -0.1) is 0 Å². The summed E-state index contributed by atoms with van der Waals surface area (Å²) in [5, 5.41) is 3.41. The van der Waals surface area contributed by atoms with E-state index in [9.17, 15) is 4.79 Å². The maximum atomic E-state index is 12.2. The Kier molecular flexibility index (Phi) is 3.24. The minimum atomic E-state index is 0.0765. The molecule has 0 aromatic carbocycles. The highest BCUT2D eigenvalue weighted by Crippen LogP contribution is 2.49. The van der Waals surface area contributed by atoms with Crippen molar-refractivity contribution in [2.24, 2.45) is 5.41 Å². The van der Waals surface area contributed by atoms with Gasteiger partial charge in [0.05, 0.1) is 12.2 Å². The number of carbonyl (C=O) groups is 1. The lowest BCUT2D eigenvalue weighted by Crippen LogP contribution is -2.39. The molecule has 1 saturated carbocycles. The second kappa shape index (κ2) is 4.36. The number of carbonyl (C=O) groups excluding carboxylic acids is 1. The summed E-state index contributed by atoms with van der Waals surface area (Å²) in [4.78, 5) is 14.3. The summed E-state index contributed by atoms with van der Waals surface area (Å²) >= 11 is 0. The molecule has 1 aliphatic carbocycles. The van der Waals surface area contributed by atoms with Gasteiger partial charge in [-0.25, -0.2) is 0 Å². The summed E-state index contributed by atoms with van der Waals surface area (Å²) < 4.78 is 0. The predicted molar refractivity (Wildman–Crippen MR) is 65.0 cm³/mol. The van der Waals surface area contributed by atoms with Crippen molar-refractivity contribution in [3.63, 3.8) is 0 Å². The van der Waals surface area contributed by atoms with Crippen LogP contribution in [0.3, 0.4) is 0 Å². The average molecular weight is 224 g/mol. The van der Waals surface area contributed by atoms with Crippen LogP contribution in [0.5, 0.6) is 0 Å². The van der Waals surface area contributed by atoms with Crippen LogP contribution in [0.15, 0.2) is 0 Å². The number of hydrogen-bond acceptors (Lipinski definition) is 2. The maximum absolute atomic E-state index is 12.2. The Morgan fingerprint density at radius 1 is 1.44 bits per heavy atom. The standard InChI is InChI=1S/C13H24N2O/c1-4-6-11-12(16)15(10(3)14-11)9-13(5-2)7-8-13/h10-11,14H,4-9H2,1-3H3. The van der Waals surface area contributed by atoms with E-state index in [1.54, 1.807) is 0 Å². The first-order valence-electron chi connectivity index (χ1n) is 6.68. The fourth-order valence-electron chi connectivity index (χ4n) is 2.72. The minimum Gasteiger partial charge on any atom is -0.326 e. The van der Waals surface area contributed by atoms with Crippen molar-refractivity contribution in [1.82, 2.24) is 10.2 Å². The number of nitrogens with zero attached hydrogens (tertiary/aromatic N) is 1. The Balaban J connectivity index is 1.96. The molecule has 2 rings (SSSR count). The van der Waals surface area contributed by atoms with Gasteiger partial charge in [0, 0.05) is 6.54 Å². The lowest BCUT2D eigenvalue weighted by atomic mass is 10.0. The third kappa shape index (κ3) is 2.10. The van der Waals surface area contributed by atoms with E-state index < -0.39 is 0 Å². The molecule has 2 atom stereocenters. The van der Waals surface area contributed by atoms with Gasteiger partial charge in [-0.1, -0.05) is 20.3 Å². The molecule has 16 heavy (non-hydrogen) atoms. The van der Waals surface area contributed by atoms with Gasteiger partial charge < -0.3 is 4.90 Å². The Labute approximate surface area is 98.6 Å². The fraction of sp³-hybridized carbons (Fsp3) is 0.923. The van der Waals surface area contributed by atoms with Crippen LogP contribution in [0.2, 0.25) is 0 Å². The first kappa shape index (κ1) is 11.9. The monoisotopic (exact) mass is 224 g/mol. The molecule has 0 aromatic heterocycles.